The molecule has 1 aliphatic rings. The molecule has 1 amide bonds. The minimum atomic E-state index is -0.511. The summed E-state index contributed by atoms with van der Waals surface area (Å²) in [7, 11) is 0. The highest BCUT2D eigenvalue weighted by molar-refractivity contribution is 5.79. The van der Waals surface area contributed by atoms with Crippen LogP contribution in [0.3, 0.4) is 0 Å². The Bertz CT molecular complexity index is 459. The fourth-order valence-corrected chi connectivity index (χ4v) is 1.81. The molecule has 0 saturated carbocycles. The molecule has 16 heavy (non-hydrogen) atoms. The number of anilines is 1. The SMILES string of the molecule is Nc1ccc(C2CNC(=O)C2)cc1[N+](=O)[O-]. The summed E-state index contributed by atoms with van der Waals surface area (Å²) in [6, 6.07) is 4.68. The van der Waals surface area contributed by atoms with E-state index in [0.29, 0.717) is 13.0 Å². The van der Waals surface area contributed by atoms with E-state index in [2.05, 4.69) is 5.32 Å². The van der Waals surface area contributed by atoms with E-state index in [4.69, 9.17) is 5.73 Å². The zero-order valence-electron chi connectivity index (χ0n) is 8.47. The smallest absolute Gasteiger partial charge is 0.292 e. The van der Waals surface area contributed by atoms with Crippen molar-refractivity contribution in [2.75, 3.05) is 12.3 Å². The van der Waals surface area contributed by atoms with Crippen molar-refractivity contribution < 1.29 is 9.72 Å². The first-order chi connectivity index (χ1) is 7.58. The summed E-state index contributed by atoms with van der Waals surface area (Å²) in [5.74, 6) is -0.0173. The van der Waals surface area contributed by atoms with E-state index in [-0.39, 0.29) is 23.2 Å². The van der Waals surface area contributed by atoms with Gasteiger partial charge in [0.05, 0.1) is 4.92 Å². The molecule has 1 saturated heterocycles. The van der Waals surface area contributed by atoms with Crippen LogP contribution in [0.4, 0.5) is 11.4 Å². The third-order valence-corrected chi connectivity index (χ3v) is 2.70. The van der Waals surface area contributed by atoms with E-state index in [1.54, 1.807) is 6.07 Å². The van der Waals surface area contributed by atoms with Gasteiger partial charge in [-0.3, -0.25) is 14.9 Å². The second kappa shape index (κ2) is 3.80. The molecule has 0 spiro atoms. The largest absolute Gasteiger partial charge is 0.393 e. The lowest BCUT2D eigenvalue weighted by atomic mass is 9.97. The Labute approximate surface area is 91.6 Å². The number of amides is 1. The number of hydrogen-bond donors (Lipinski definition) is 2. The lowest BCUT2D eigenvalue weighted by Gasteiger charge is -2.07. The zero-order chi connectivity index (χ0) is 11.7. The molecule has 0 bridgehead atoms. The van der Waals surface area contributed by atoms with Crippen molar-refractivity contribution in [3.63, 3.8) is 0 Å². The number of hydrogen-bond acceptors (Lipinski definition) is 4. The van der Waals surface area contributed by atoms with Gasteiger partial charge in [0.25, 0.3) is 5.69 Å². The molecule has 1 unspecified atom stereocenters. The van der Waals surface area contributed by atoms with Crippen LogP contribution >= 0.6 is 0 Å². The summed E-state index contributed by atoms with van der Waals surface area (Å²) in [5.41, 5.74) is 6.31. The monoisotopic (exact) mass is 221 g/mol. The van der Waals surface area contributed by atoms with Crippen LogP contribution in [0.1, 0.15) is 17.9 Å². The molecule has 3 N–H and O–H groups in total. The Morgan fingerprint density at radius 3 is 2.81 bits per heavy atom. The molecule has 6 nitrogen and oxygen atoms in total. The maximum Gasteiger partial charge on any atom is 0.292 e. The van der Waals surface area contributed by atoms with Gasteiger partial charge in [-0.1, -0.05) is 6.07 Å². The second-order valence-electron chi connectivity index (χ2n) is 3.78. The number of carbonyl (C=O) groups excluding carboxylic acids is 1. The van der Waals surface area contributed by atoms with Crippen molar-refractivity contribution in [3.8, 4) is 0 Å². The van der Waals surface area contributed by atoms with Gasteiger partial charge < -0.3 is 11.1 Å². The van der Waals surface area contributed by atoms with Crippen molar-refractivity contribution in [1.29, 1.82) is 0 Å². The Kier molecular flexibility index (Phi) is 2.47. The number of nitrogens with two attached hydrogens (primary N) is 1. The number of nitro groups is 1. The molecule has 6 heteroatoms. The Morgan fingerprint density at radius 1 is 1.50 bits per heavy atom. The summed E-state index contributed by atoms with van der Waals surface area (Å²) in [6.45, 7) is 0.528. The predicted octanol–water partition coefficient (Wildman–Crippen LogP) is 0.781. The zero-order valence-corrected chi connectivity index (χ0v) is 8.47. The molecule has 1 heterocycles. The molecule has 1 atom stereocenters. The van der Waals surface area contributed by atoms with Crippen LogP contribution in [0.25, 0.3) is 0 Å². The van der Waals surface area contributed by atoms with Gasteiger partial charge in [-0.25, -0.2) is 0 Å². The summed E-state index contributed by atoms with van der Waals surface area (Å²) in [6.07, 6.45) is 0.376. The van der Waals surface area contributed by atoms with Gasteiger partial charge in [-0.15, -0.1) is 0 Å². The molecule has 1 aromatic carbocycles. The van der Waals surface area contributed by atoms with Crippen LogP contribution in [0, 0.1) is 10.1 Å². The molecular weight excluding hydrogens is 210 g/mol. The van der Waals surface area contributed by atoms with Crippen molar-refractivity contribution >= 4 is 17.3 Å². The molecule has 2 rings (SSSR count). The summed E-state index contributed by atoms with van der Waals surface area (Å²) in [5, 5.41) is 13.4. The van der Waals surface area contributed by atoms with E-state index < -0.39 is 4.92 Å². The minimum Gasteiger partial charge on any atom is -0.393 e. The van der Waals surface area contributed by atoms with Crippen molar-refractivity contribution in [2.45, 2.75) is 12.3 Å². The fourth-order valence-electron chi connectivity index (χ4n) is 1.81. The molecule has 1 fully saturated rings. The van der Waals surface area contributed by atoms with Gasteiger partial charge in [0.2, 0.25) is 5.91 Å². The van der Waals surface area contributed by atoms with E-state index >= 15 is 0 Å². The number of nitrogens with zero attached hydrogens (tertiary/aromatic N) is 1. The number of nitrogen functional groups attached to an aromatic ring is 1. The number of carbonyl (C=O) groups is 1. The van der Waals surface area contributed by atoms with Crippen LogP contribution in [0.2, 0.25) is 0 Å². The standard InChI is InChI=1S/C10H11N3O3/c11-8-2-1-6(3-9(8)13(15)16)7-4-10(14)12-5-7/h1-3,7H,4-5,11H2,(H,12,14). The summed E-state index contributed by atoms with van der Waals surface area (Å²) in [4.78, 5) is 21.2. The van der Waals surface area contributed by atoms with Crippen LogP contribution in [-0.4, -0.2) is 17.4 Å². The molecule has 84 valence electrons. The first-order valence-electron chi connectivity index (χ1n) is 4.88. The molecule has 0 radical (unpaired) electrons. The maximum absolute atomic E-state index is 11.0. The maximum atomic E-state index is 11.0. The third kappa shape index (κ3) is 1.81. The van der Waals surface area contributed by atoms with Crippen molar-refractivity contribution in [1.82, 2.24) is 5.32 Å². The van der Waals surface area contributed by atoms with E-state index in [1.807, 2.05) is 0 Å². The Balaban J connectivity index is 2.32. The van der Waals surface area contributed by atoms with Gasteiger partial charge in [0, 0.05) is 24.9 Å². The molecule has 0 aliphatic carbocycles. The van der Waals surface area contributed by atoms with Gasteiger partial charge in [0.15, 0.2) is 0 Å². The van der Waals surface area contributed by atoms with Gasteiger partial charge in [-0.05, 0) is 11.6 Å². The average molecular weight is 221 g/mol. The average Bonchev–Trinajstić information content (AvgIpc) is 2.65. The van der Waals surface area contributed by atoms with E-state index in [0.717, 1.165) is 5.56 Å². The fraction of sp³-hybridized carbons (Fsp3) is 0.300. The quantitative estimate of drug-likeness (QED) is 0.438. The molecule has 1 aliphatic heterocycles. The van der Waals surface area contributed by atoms with Crippen molar-refractivity contribution in [3.05, 3.63) is 33.9 Å². The lowest BCUT2D eigenvalue weighted by Crippen LogP contribution is -2.13. The number of nitro benzene ring substituents is 1. The first kappa shape index (κ1) is 10.4. The number of nitrogens with one attached hydrogen (secondary N) is 1. The lowest BCUT2D eigenvalue weighted by molar-refractivity contribution is -0.384. The van der Waals surface area contributed by atoms with Crippen LogP contribution < -0.4 is 11.1 Å². The first-order valence-corrected chi connectivity index (χ1v) is 4.88. The molecule has 1 aromatic rings. The van der Waals surface area contributed by atoms with E-state index in [9.17, 15) is 14.9 Å². The normalized spacial score (nSPS) is 19.5. The number of rotatable bonds is 2. The third-order valence-electron chi connectivity index (χ3n) is 2.70. The van der Waals surface area contributed by atoms with E-state index in [1.165, 1.54) is 12.1 Å². The second-order valence-corrected chi connectivity index (χ2v) is 3.78. The van der Waals surface area contributed by atoms with Crippen LogP contribution in [-0.2, 0) is 4.79 Å². The summed E-state index contributed by atoms with van der Waals surface area (Å²) >= 11 is 0. The van der Waals surface area contributed by atoms with Gasteiger partial charge >= 0.3 is 0 Å². The molecular formula is C10H11N3O3. The Hall–Kier alpha value is -2.11. The predicted molar refractivity (Wildman–Crippen MR) is 57.9 cm³/mol. The van der Waals surface area contributed by atoms with Gasteiger partial charge in [-0.2, -0.15) is 0 Å². The summed E-state index contributed by atoms with van der Waals surface area (Å²) < 4.78 is 0. The van der Waals surface area contributed by atoms with Gasteiger partial charge in [0.1, 0.15) is 5.69 Å². The highest BCUT2D eigenvalue weighted by Gasteiger charge is 2.25. The topological polar surface area (TPSA) is 98.3 Å². The van der Waals surface area contributed by atoms with Crippen LogP contribution in [0.15, 0.2) is 18.2 Å². The highest BCUT2D eigenvalue weighted by Crippen LogP contribution is 2.29. The highest BCUT2D eigenvalue weighted by atomic mass is 16.6. The minimum absolute atomic E-state index is 0.00630. The number of benzene rings is 1. The Morgan fingerprint density at radius 2 is 2.25 bits per heavy atom. The van der Waals surface area contributed by atoms with Crippen molar-refractivity contribution in [2.24, 2.45) is 0 Å². The van der Waals surface area contributed by atoms with Crippen LogP contribution in [0.5, 0.6) is 0 Å². The molecule has 0 aromatic heterocycles.